The SMILES string of the molecule is ClOC(Cl)(Cl)C(Cl)(Cl)Cl. The van der Waals surface area contributed by atoms with Crippen molar-refractivity contribution in [3.8, 4) is 0 Å². The average Bonchev–Trinajstić information content (AvgIpc) is 1.64. The fourth-order valence-corrected chi connectivity index (χ4v) is 0.394. The molecule has 0 unspecified atom stereocenters. The summed E-state index contributed by atoms with van der Waals surface area (Å²) in [6.07, 6.45) is 0. The first-order valence-electron chi connectivity index (χ1n) is 1.55. The molecule has 0 fully saturated rings. The van der Waals surface area contributed by atoms with Crippen LogP contribution in [0.15, 0.2) is 0 Å². The quantitative estimate of drug-likeness (QED) is 0.647. The van der Waals surface area contributed by atoms with Gasteiger partial charge in [0.25, 0.3) is 4.52 Å². The molecule has 0 saturated carbocycles. The number of halogens is 6. The van der Waals surface area contributed by atoms with Gasteiger partial charge in [0.05, 0.1) is 11.9 Å². The molecular weight excluding hydrogens is 253 g/mol. The molecule has 0 aliphatic heterocycles. The van der Waals surface area contributed by atoms with Crippen LogP contribution in [0.2, 0.25) is 0 Å². The molecule has 0 rings (SSSR count). The Kier molecular flexibility index (Phi) is 4.04. The van der Waals surface area contributed by atoms with Gasteiger partial charge in [-0.05, 0) is 0 Å². The topological polar surface area (TPSA) is 9.23 Å². The van der Waals surface area contributed by atoms with Gasteiger partial charge in [-0.15, -0.1) is 0 Å². The van der Waals surface area contributed by atoms with Crippen LogP contribution in [-0.4, -0.2) is 8.31 Å². The fourth-order valence-electron chi connectivity index (χ4n) is 0.0437. The first-order chi connectivity index (χ1) is 3.81. The van der Waals surface area contributed by atoms with E-state index in [4.69, 9.17) is 69.9 Å². The van der Waals surface area contributed by atoms with Gasteiger partial charge in [-0.25, -0.2) is 4.29 Å². The van der Waals surface area contributed by atoms with Gasteiger partial charge >= 0.3 is 0 Å². The second kappa shape index (κ2) is 3.40. The van der Waals surface area contributed by atoms with Crippen LogP contribution >= 0.6 is 69.9 Å². The number of hydrogen-bond acceptors (Lipinski definition) is 1. The minimum absolute atomic E-state index is 1.96. The molecule has 0 aromatic carbocycles. The molecule has 0 aliphatic carbocycles. The van der Waals surface area contributed by atoms with Crippen molar-refractivity contribution in [2.45, 2.75) is 8.31 Å². The van der Waals surface area contributed by atoms with E-state index in [1.807, 2.05) is 0 Å². The van der Waals surface area contributed by atoms with Crippen LogP contribution in [0.1, 0.15) is 0 Å². The molecule has 0 amide bonds. The molecule has 0 bridgehead atoms. The van der Waals surface area contributed by atoms with Crippen LogP contribution in [0.3, 0.4) is 0 Å². The number of alkyl halides is 5. The lowest BCUT2D eigenvalue weighted by atomic mass is 10.8. The van der Waals surface area contributed by atoms with Crippen LogP contribution in [0.25, 0.3) is 0 Å². The Morgan fingerprint density at radius 3 is 1.22 bits per heavy atom. The maximum absolute atomic E-state index is 5.21. The summed E-state index contributed by atoms with van der Waals surface area (Å²) in [7, 11) is 0. The molecule has 0 aromatic heterocycles. The lowest BCUT2D eigenvalue weighted by Gasteiger charge is -2.22. The standard InChI is InChI=1S/C2Cl6O/c3-1(4,5)2(6,7)9-8. The summed E-state index contributed by atoms with van der Waals surface area (Å²) in [6.45, 7) is 0. The molecule has 0 aliphatic rings. The van der Waals surface area contributed by atoms with Crippen molar-refractivity contribution in [3.05, 3.63) is 0 Å². The number of hydrogen-bond donors (Lipinski definition) is 0. The third-order valence-electron chi connectivity index (χ3n) is 0.427. The van der Waals surface area contributed by atoms with Gasteiger partial charge in [-0.2, -0.15) is 0 Å². The zero-order valence-electron chi connectivity index (χ0n) is 3.68. The molecule has 0 atom stereocenters. The summed E-state index contributed by atoms with van der Waals surface area (Å²) in [4.78, 5) is 0. The third-order valence-corrected chi connectivity index (χ3v) is 2.92. The van der Waals surface area contributed by atoms with Crippen molar-refractivity contribution in [2.24, 2.45) is 0 Å². The highest BCUT2D eigenvalue weighted by Crippen LogP contribution is 2.47. The van der Waals surface area contributed by atoms with Crippen LogP contribution in [-0.2, 0) is 4.29 Å². The maximum Gasteiger partial charge on any atom is 0.283 e. The molecule has 0 aromatic rings. The van der Waals surface area contributed by atoms with Gasteiger partial charge in [0.2, 0.25) is 3.79 Å². The molecule has 1 nitrogen and oxygen atoms in total. The lowest BCUT2D eigenvalue weighted by Crippen LogP contribution is -2.31. The largest absolute Gasteiger partial charge is 0.283 e. The Morgan fingerprint density at radius 2 is 1.22 bits per heavy atom. The molecular formula is C2Cl6O. The van der Waals surface area contributed by atoms with E-state index in [1.165, 1.54) is 0 Å². The molecule has 7 heteroatoms. The van der Waals surface area contributed by atoms with E-state index in [9.17, 15) is 0 Å². The molecule has 0 radical (unpaired) electrons. The van der Waals surface area contributed by atoms with Gasteiger partial charge in [0, 0.05) is 0 Å². The Hall–Kier alpha value is 1.70. The second-order valence-corrected chi connectivity index (χ2v) is 4.79. The van der Waals surface area contributed by atoms with Gasteiger partial charge in [-0.3, -0.25) is 0 Å². The van der Waals surface area contributed by atoms with Crippen LogP contribution in [0, 0.1) is 0 Å². The van der Waals surface area contributed by atoms with E-state index in [0.717, 1.165) is 0 Å². The van der Waals surface area contributed by atoms with Crippen molar-refractivity contribution in [1.82, 2.24) is 0 Å². The lowest BCUT2D eigenvalue weighted by molar-refractivity contribution is 0.273. The normalized spacial score (nSPS) is 14.0. The summed E-state index contributed by atoms with van der Waals surface area (Å²) >= 11 is 30.7. The average molecular weight is 253 g/mol. The van der Waals surface area contributed by atoms with Gasteiger partial charge in [0.1, 0.15) is 0 Å². The highest BCUT2D eigenvalue weighted by Gasteiger charge is 2.47. The van der Waals surface area contributed by atoms with Gasteiger partial charge in [-0.1, -0.05) is 58.0 Å². The van der Waals surface area contributed by atoms with Crippen LogP contribution in [0.5, 0.6) is 0 Å². The summed E-state index contributed by atoms with van der Waals surface area (Å²) in [5, 5.41) is 0. The molecule has 0 spiro atoms. The first-order valence-corrected chi connectivity index (χ1v) is 3.75. The molecule has 9 heavy (non-hydrogen) atoms. The third kappa shape index (κ3) is 3.06. The summed E-state index contributed by atoms with van der Waals surface area (Å²) in [5.41, 5.74) is 0. The highest BCUT2D eigenvalue weighted by atomic mass is 35.6. The molecule has 56 valence electrons. The van der Waals surface area contributed by atoms with E-state index in [1.54, 1.807) is 0 Å². The minimum Gasteiger partial charge on any atom is -0.235 e. The van der Waals surface area contributed by atoms with Crippen molar-refractivity contribution in [3.63, 3.8) is 0 Å². The zero-order valence-corrected chi connectivity index (χ0v) is 8.21. The van der Waals surface area contributed by atoms with Crippen LogP contribution in [0.4, 0.5) is 0 Å². The van der Waals surface area contributed by atoms with Crippen molar-refractivity contribution < 1.29 is 4.29 Å². The zero-order chi connectivity index (χ0) is 7.71. The first kappa shape index (κ1) is 10.7. The fraction of sp³-hybridized carbons (Fsp3) is 1.00. The molecule has 0 N–H and O–H groups in total. The van der Waals surface area contributed by atoms with E-state index in [0.29, 0.717) is 0 Å². The van der Waals surface area contributed by atoms with Gasteiger partial charge in [0.15, 0.2) is 0 Å². The summed E-state index contributed by atoms with van der Waals surface area (Å²) < 4.78 is -0.0658. The highest BCUT2D eigenvalue weighted by molar-refractivity contribution is 6.75. The van der Waals surface area contributed by atoms with Crippen molar-refractivity contribution in [2.75, 3.05) is 0 Å². The monoisotopic (exact) mass is 250 g/mol. The second-order valence-electron chi connectivity index (χ2n) is 1.09. The van der Waals surface area contributed by atoms with E-state index < -0.39 is 8.31 Å². The Bertz CT molecular complexity index is 93.7. The number of rotatable bonds is 1. The smallest absolute Gasteiger partial charge is 0.235 e. The Balaban J connectivity index is 4.14. The van der Waals surface area contributed by atoms with E-state index >= 15 is 0 Å². The minimum atomic E-state index is -2.01. The maximum atomic E-state index is 5.21. The summed E-state index contributed by atoms with van der Waals surface area (Å²) in [6, 6.07) is 0. The molecule has 0 heterocycles. The van der Waals surface area contributed by atoms with Crippen molar-refractivity contribution >= 4 is 69.9 Å². The van der Waals surface area contributed by atoms with Crippen molar-refractivity contribution in [1.29, 1.82) is 0 Å². The predicted octanol–water partition coefficient (Wildman–Crippen LogP) is 3.66. The predicted molar refractivity (Wildman–Crippen MR) is 41.7 cm³/mol. The molecule has 0 saturated heterocycles. The van der Waals surface area contributed by atoms with E-state index in [2.05, 4.69) is 4.29 Å². The van der Waals surface area contributed by atoms with Gasteiger partial charge < -0.3 is 0 Å². The summed E-state index contributed by atoms with van der Waals surface area (Å²) in [5.74, 6) is 0. The Labute approximate surface area is 82.2 Å². The van der Waals surface area contributed by atoms with E-state index in [-0.39, 0.29) is 0 Å². The Morgan fingerprint density at radius 1 is 0.889 bits per heavy atom. The van der Waals surface area contributed by atoms with Crippen LogP contribution < -0.4 is 0 Å².